The van der Waals surface area contributed by atoms with Gasteiger partial charge in [-0.25, -0.2) is 8.42 Å². The lowest BCUT2D eigenvalue weighted by molar-refractivity contribution is -0.117. The Morgan fingerprint density at radius 1 is 1.38 bits per heavy atom. The smallest absolute Gasteiger partial charge is 0.247 e. The van der Waals surface area contributed by atoms with E-state index in [1.807, 2.05) is 25.1 Å². The molecule has 0 atom stereocenters. The summed E-state index contributed by atoms with van der Waals surface area (Å²) < 4.78 is 24.3. The van der Waals surface area contributed by atoms with Crippen molar-refractivity contribution in [3.63, 3.8) is 0 Å². The van der Waals surface area contributed by atoms with Gasteiger partial charge in [-0.05, 0) is 24.6 Å². The van der Waals surface area contributed by atoms with E-state index < -0.39 is 10.0 Å². The lowest BCUT2D eigenvalue weighted by atomic mass is 10.2. The van der Waals surface area contributed by atoms with Gasteiger partial charge in [-0.1, -0.05) is 12.1 Å². The summed E-state index contributed by atoms with van der Waals surface area (Å²) >= 11 is 0. The summed E-state index contributed by atoms with van der Waals surface area (Å²) in [4.78, 5) is 12.9. The number of amides is 1. The van der Waals surface area contributed by atoms with Crippen LogP contribution in [-0.2, 0) is 21.4 Å². The molecular weight excluding hydrogens is 294 g/mol. The predicted octanol–water partition coefficient (Wildman–Crippen LogP) is 0.597. The molecule has 9 heteroatoms. The molecule has 0 aliphatic rings. The van der Waals surface area contributed by atoms with E-state index in [1.165, 1.54) is 6.20 Å². The first-order valence-electron chi connectivity index (χ1n) is 6.06. The molecule has 112 valence electrons. The zero-order chi connectivity index (χ0) is 15.5. The summed E-state index contributed by atoms with van der Waals surface area (Å²) in [5.74, 6) is -0.233. The minimum Gasteiger partial charge on any atom is -0.324 e. The SMILES string of the molecule is Cc1cccc(NC(=O)Cn2ncc(NS(C)(=O)=O)n2)c1. The third kappa shape index (κ3) is 4.88. The molecule has 2 aromatic rings. The number of nitrogens with zero attached hydrogens (tertiary/aromatic N) is 3. The maximum atomic E-state index is 11.8. The monoisotopic (exact) mass is 309 g/mol. The second-order valence-corrected chi connectivity index (χ2v) is 6.30. The van der Waals surface area contributed by atoms with Crippen LogP contribution < -0.4 is 10.0 Å². The molecule has 0 saturated heterocycles. The second kappa shape index (κ2) is 5.92. The molecule has 0 aliphatic carbocycles. The van der Waals surface area contributed by atoms with Gasteiger partial charge in [-0.3, -0.25) is 9.52 Å². The van der Waals surface area contributed by atoms with Gasteiger partial charge in [-0.15, -0.1) is 5.10 Å². The largest absolute Gasteiger partial charge is 0.324 e. The number of hydrogen-bond donors (Lipinski definition) is 2. The van der Waals surface area contributed by atoms with Crippen molar-refractivity contribution in [1.82, 2.24) is 15.0 Å². The van der Waals surface area contributed by atoms with Crippen LogP contribution in [0, 0.1) is 6.92 Å². The Morgan fingerprint density at radius 3 is 2.81 bits per heavy atom. The van der Waals surface area contributed by atoms with Crippen LogP contribution in [0.15, 0.2) is 30.5 Å². The number of hydrogen-bond acceptors (Lipinski definition) is 5. The molecule has 0 spiro atoms. The number of carbonyl (C=O) groups is 1. The van der Waals surface area contributed by atoms with Gasteiger partial charge >= 0.3 is 0 Å². The Bertz CT molecular complexity index is 754. The summed E-state index contributed by atoms with van der Waals surface area (Å²) in [6.45, 7) is 1.81. The first kappa shape index (κ1) is 15.0. The van der Waals surface area contributed by atoms with Gasteiger partial charge in [0.05, 0.1) is 12.5 Å². The standard InChI is InChI=1S/C12H15N5O3S/c1-9-4-3-5-10(6-9)14-12(18)8-17-13-7-11(15-17)16-21(2,19)20/h3-7H,8H2,1-2H3,(H,14,18)(H,15,16). The topological polar surface area (TPSA) is 106 Å². The molecule has 8 nitrogen and oxygen atoms in total. The summed E-state index contributed by atoms with van der Waals surface area (Å²) in [6.07, 6.45) is 2.25. The van der Waals surface area contributed by atoms with E-state index in [0.717, 1.165) is 16.6 Å². The van der Waals surface area contributed by atoms with Crippen LogP contribution in [-0.4, -0.2) is 35.6 Å². The molecule has 0 unspecified atom stereocenters. The molecule has 1 aromatic heterocycles. The highest BCUT2D eigenvalue weighted by molar-refractivity contribution is 7.92. The van der Waals surface area contributed by atoms with Crippen LogP contribution in [0.3, 0.4) is 0 Å². The molecule has 2 N–H and O–H groups in total. The number of nitrogens with one attached hydrogen (secondary N) is 2. The highest BCUT2D eigenvalue weighted by atomic mass is 32.2. The van der Waals surface area contributed by atoms with Crippen LogP contribution in [0.1, 0.15) is 5.56 Å². The molecule has 0 aliphatic heterocycles. The van der Waals surface area contributed by atoms with Crippen LogP contribution in [0.25, 0.3) is 0 Å². The maximum absolute atomic E-state index is 11.8. The highest BCUT2D eigenvalue weighted by Gasteiger charge is 2.09. The Labute approximate surface area is 122 Å². The summed E-state index contributed by atoms with van der Waals surface area (Å²) in [5, 5.41) is 10.4. The van der Waals surface area contributed by atoms with Crippen LogP contribution in [0.4, 0.5) is 11.5 Å². The fraction of sp³-hybridized carbons (Fsp3) is 0.250. The zero-order valence-electron chi connectivity index (χ0n) is 11.6. The number of carbonyl (C=O) groups excluding carboxylic acids is 1. The number of aromatic nitrogens is 3. The summed E-state index contributed by atoms with van der Waals surface area (Å²) in [5.41, 5.74) is 1.71. The van der Waals surface area contributed by atoms with Crippen molar-refractivity contribution in [2.75, 3.05) is 16.3 Å². The Hall–Kier alpha value is -2.42. The third-order valence-electron chi connectivity index (χ3n) is 2.41. The quantitative estimate of drug-likeness (QED) is 0.841. The van der Waals surface area contributed by atoms with Gasteiger partial charge in [0.2, 0.25) is 15.9 Å². The van der Waals surface area contributed by atoms with E-state index in [1.54, 1.807) is 6.07 Å². The molecule has 1 amide bonds. The lowest BCUT2D eigenvalue weighted by Gasteiger charge is -2.05. The van der Waals surface area contributed by atoms with E-state index in [2.05, 4.69) is 20.2 Å². The van der Waals surface area contributed by atoms with Gasteiger partial charge in [-0.2, -0.15) is 9.90 Å². The van der Waals surface area contributed by atoms with Crippen molar-refractivity contribution >= 4 is 27.4 Å². The number of benzene rings is 1. The van der Waals surface area contributed by atoms with Crippen molar-refractivity contribution < 1.29 is 13.2 Å². The number of rotatable bonds is 5. The third-order valence-corrected chi connectivity index (χ3v) is 2.99. The molecule has 0 bridgehead atoms. The molecule has 21 heavy (non-hydrogen) atoms. The Balaban J connectivity index is 1.97. The van der Waals surface area contributed by atoms with Gasteiger partial charge < -0.3 is 5.32 Å². The fourth-order valence-corrected chi connectivity index (χ4v) is 2.14. The predicted molar refractivity (Wildman–Crippen MR) is 78.3 cm³/mol. The van der Waals surface area contributed by atoms with Crippen LogP contribution in [0.5, 0.6) is 0 Å². The molecule has 0 radical (unpaired) electrons. The minimum absolute atomic E-state index is 0.0702. The van der Waals surface area contributed by atoms with Crippen molar-refractivity contribution in [3.8, 4) is 0 Å². The lowest BCUT2D eigenvalue weighted by Crippen LogP contribution is -2.20. The number of aryl methyl sites for hydroxylation is 1. The van der Waals surface area contributed by atoms with Crippen molar-refractivity contribution in [2.24, 2.45) is 0 Å². The van der Waals surface area contributed by atoms with E-state index in [4.69, 9.17) is 0 Å². The summed E-state index contributed by atoms with van der Waals surface area (Å²) in [7, 11) is -3.41. The highest BCUT2D eigenvalue weighted by Crippen LogP contribution is 2.09. The molecule has 2 rings (SSSR count). The minimum atomic E-state index is -3.41. The second-order valence-electron chi connectivity index (χ2n) is 4.55. The van der Waals surface area contributed by atoms with E-state index in [9.17, 15) is 13.2 Å². The van der Waals surface area contributed by atoms with E-state index in [-0.39, 0.29) is 18.3 Å². The van der Waals surface area contributed by atoms with Gasteiger partial charge in [0, 0.05) is 5.69 Å². The molecular formula is C12H15N5O3S. The van der Waals surface area contributed by atoms with Crippen molar-refractivity contribution in [1.29, 1.82) is 0 Å². The fourth-order valence-electron chi connectivity index (χ4n) is 1.66. The van der Waals surface area contributed by atoms with Crippen LogP contribution >= 0.6 is 0 Å². The average Bonchev–Trinajstić information content (AvgIpc) is 2.73. The Kier molecular flexibility index (Phi) is 4.22. The molecule has 1 heterocycles. The van der Waals surface area contributed by atoms with Gasteiger partial charge in [0.1, 0.15) is 6.54 Å². The number of sulfonamides is 1. The van der Waals surface area contributed by atoms with Crippen molar-refractivity contribution in [2.45, 2.75) is 13.5 Å². The van der Waals surface area contributed by atoms with Crippen molar-refractivity contribution in [3.05, 3.63) is 36.0 Å². The Morgan fingerprint density at radius 2 is 2.14 bits per heavy atom. The normalized spacial score (nSPS) is 11.1. The average molecular weight is 309 g/mol. The summed E-state index contributed by atoms with van der Waals surface area (Å²) in [6, 6.07) is 7.38. The first-order chi connectivity index (χ1) is 9.82. The molecule has 1 aromatic carbocycles. The maximum Gasteiger partial charge on any atom is 0.247 e. The number of anilines is 2. The van der Waals surface area contributed by atoms with E-state index >= 15 is 0 Å². The molecule has 0 fully saturated rings. The van der Waals surface area contributed by atoms with Crippen LogP contribution in [0.2, 0.25) is 0 Å². The molecule has 0 saturated carbocycles. The first-order valence-corrected chi connectivity index (χ1v) is 7.95. The van der Waals surface area contributed by atoms with E-state index in [0.29, 0.717) is 5.69 Å². The van der Waals surface area contributed by atoms with Gasteiger partial charge in [0.25, 0.3) is 0 Å². The zero-order valence-corrected chi connectivity index (χ0v) is 12.4. The van der Waals surface area contributed by atoms with Gasteiger partial charge in [0.15, 0.2) is 5.82 Å².